The number of carbonyl (C=O) groups is 1. The van der Waals surface area contributed by atoms with Crippen LogP contribution < -0.4 is 14.8 Å². The number of nitrogens with one attached hydrogen (secondary N) is 1. The number of Topliss-reactive ketones (excluding diaryl/α,β-unsaturated/α-hetero) is 1. The zero-order valence-corrected chi connectivity index (χ0v) is 15.8. The fourth-order valence-corrected chi connectivity index (χ4v) is 4.46. The van der Waals surface area contributed by atoms with Gasteiger partial charge in [-0.1, -0.05) is 30.3 Å². The molecule has 1 aliphatic heterocycles. The monoisotopic (exact) mass is 375 g/mol. The van der Waals surface area contributed by atoms with E-state index in [-0.39, 0.29) is 17.7 Å². The highest BCUT2D eigenvalue weighted by molar-refractivity contribution is 5.89. The van der Waals surface area contributed by atoms with E-state index in [0.717, 1.165) is 34.7 Å². The van der Waals surface area contributed by atoms with Crippen molar-refractivity contribution in [3.05, 3.63) is 59.8 Å². The minimum Gasteiger partial charge on any atom is -0.493 e. The Kier molecular flexibility index (Phi) is 3.86. The molecule has 2 unspecified atom stereocenters. The first-order valence-electron chi connectivity index (χ1n) is 9.40. The number of para-hydroxylation sites is 3. The van der Waals surface area contributed by atoms with Crippen molar-refractivity contribution >= 4 is 22.8 Å². The molecule has 0 saturated heterocycles. The third-order valence-electron chi connectivity index (χ3n) is 5.63. The Morgan fingerprint density at radius 3 is 2.79 bits per heavy atom. The highest BCUT2D eigenvalue weighted by Gasteiger charge is 2.42. The number of ketones is 1. The second-order valence-electron chi connectivity index (χ2n) is 7.09. The Bertz CT molecular complexity index is 1120. The van der Waals surface area contributed by atoms with Gasteiger partial charge in [0.15, 0.2) is 11.5 Å². The molecule has 6 nitrogen and oxygen atoms in total. The van der Waals surface area contributed by atoms with Crippen molar-refractivity contribution in [1.82, 2.24) is 9.55 Å². The molecule has 1 aromatic heterocycles. The molecular weight excluding hydrogens is 354 g/mol. The lowest BCUT2D eigenvalue weighted by Crippen LogP contribution is -2.38. The van der Waals surface area contributed by atoms with Crippen LogP contribution in [0.1, 0.15) is 24.4 Å². The van der Waals surface area contributed by atoms with Crippen molar-refractivity contribution in [3.63, 3.8) is 0 Å². The average Bonchev–Trinajstić information content (AvgIpc) is 3.10. The molecule has 1 N–H and O–H groups in total. The van der Waals surface area contributed by atoms with Crippen LogP contribution in [0.25, 0.3) is 11.0 Å². The second-order valence-corrected chi connectivity index (χ2v) is 7.09. The van der Waals surface area contributed by atoms with Crippen LogP contribution in [-0.4, -0.2) is 29.6 Å². The van der Waals surface area contributed by atoms with Gasteiger partial charge in [-0.3, -0.25) is 4.79 Å². The van der Waals surface area contributed by atoms with Gasteiger partial charge in [0.05, 0.1) is 37.2 Å². The maximum absolute atomic E-state index is 13.0. The quantitative estimate of drug-likeness (QED) is 0.751. The van der Waals surface area contributed by atoms with E-state index in [1.54, 1.807) is 14.2 Å². The van der Waals surface area contributed by atoms with E-state index in [1.165, 1.54) is 0 Å². The molecule has 2 aromatic carbocycles. The van der Waals surface area contributed by atoms with E-state index in [2.05, 4.69) is 16.0 Å². The molecule has 0 spiro atoms. The molecular formula is C22H21N3O3. The normalized spacial score (nSPS) is 20.8. The fraction of sp³-hybridized carbons (Fsp3) is 0.273. The van der Waals surface area contributed by atoms with Gasteiger partial charge < -0.3 is 19.4 Å². The Balaban J connectivity index is 1.83. The molecule has 0 amide bonds. The van der Waals surface area contributed by atoms with Crippen molar-refractivity contribution in [3.8, 4) is 11.5 Å². The Hall–Kier alpha value is -3.28. The molecule has 2 aliphatic rings. The fourth-order valence-electron chi connectivity index (χ4n) is 4.46. The van der Waals surface area contributed by atoms with Gasteiger partial charge in [-0.15, -0.1) is 0 Å². The largest absolute Gasteiger partial charge is 0.493 e. The van der Waals surface area contributed by atoms with E-state index >= 15 is 0 Å². The number of allylic oxidation sites excluding steroid dienone is 2. The third-order valence-corrected chi connectivity index (χ3v) is 5.63. The van der Waals surface area contributed by atoms with Crippen LogP contribution >= 0.6 is 0 Å². The zero-order chi connectivity index (χ0) is 19.3. The summed E-state index contributed by atoms with van der Waals surface area (Å²) in [6.45, 7) is 0. The van der Waals surface area contributed by atoms with Crippen molar-refractivity contribution in [2.45, 2.75) is 18.9 Å². The number of methoxy groups -OCH3 is 2. The molecule has 2 heterocycles. The smallest absolute Gasteiger partial charge is 0.208 e. The molecule has 6 heteroatoms. The first-order chi connectivity index (χ1) is 13.7. The number of benzene rings is 2. The molecule has 3 aromatic rings. The van der Waals surface area contributed by atoms with Crippen LogP contribution in [0.5, 0.6) is 11.5 Å². The van der Waals surface area contributed by atoms with E-state index in [9.17, 15) is 4.79 Å². The van der Waals surface area contributed by atoms with E-state index in [0.29, 0.717) is 17.9 Å². The summed E-state index contributed by atoms with van der Waals surface area (Å²) < 4.78 is 13.4. The van der Waals surface area contributed by atoms with Gasteiger partial charge in [-0.25, -0.2) is 4.98 Å². The van der Waals surface area contributed by atoms with E-state index in [4.69, 9.17) is 14.5 Å². The second kappa shape index (κ2) is 6.41. The van der Waals surface area contributed by atoms with Crippen LogP contribution in [0.2, 0.25) is 0 Å². The summed E-state index contributed by atoms with van der Waals surface area (Å²) in [5.41, 5.74) is 3.72. The minimum atomic E-state index is -0.306. The lowest BCUT2D eigenvalue weighted by Gasteiger charge is -2.38. The van der Waals surface area contributed by atoms with Crippen LogP contribution in [0, 0.1) is 5.92 Å². The predicted molar refractivity (Wildman–Crippen MR) is 107 cm³/mol. The van der Waals surface area contributed by atoms with Gasteiger partial charge in [-0.2, -0.15) is 0 Å². The first-order valence-corrected chi connectivity index (χ1v) is 9.40. The molecule has 2 atom stereocenters. The number of nitrogens with zero attached hydrogens (tertiary/aromatic N) is 2. The summed E-state index contributed by atoms with van der Waals surface area (Å²) in [6, 6.07) is 13.6. The average molecular weight is 375 g/mol. The lowest BCUT2D eigenvalue weighted by atomic mass is 9.80. The molecule has 1 aliphatic carbocycles. The van der Waals surface area contributed by atoms with Gasteiger partial charge in [0, 0.05) is 17.7 Å². The molecule has 5 rings (SSSR count). The zero-order valence-electron chi connectivity index (χ0n) is 15.8. The molecule has 142 valence electrons. The molecule has 0 fully saturated rings. The van der Waals surface area contributed by atoms with Crippen LogP contribution in [0.15, 0.2) is 54.2 Å². The van der Waals surface area contributed by atoms with Gasteiger partial charge in [0.25, 0.3) is 0 Å². The van der Waals surface area contributed by atoms with Gasteiger partial charge in [-0.05, 0) is 24.6 Å². The number of fused-ring (bicyclic) bond motifs is 4. The van der Waals surface area contributed by atoms with Crippen molar-refractivity contribution in [1.29, 1.82) is 0 Å². The minimum absolute atomic E-state index is 0.225. The summed E-state index contributed by atoms with van der Waals surface area (Å²) in [7, 11) is 3.26. The molecule has 0 bridgehead atoms. The van der Waals surface area contributed by atoms with Crippen LogP contribution in [0.3, 0.4) is 0 Å². The highest BCUT2D eigenvalue weighted by atomic mass is 16.5. The Labute approximate surface area is 162 Å². The summed E-state index contributed by atoms with van der Waals surface area (Å²) >= 11 is 0. The van der Waals surface area contributed by atoms with Crippen molar-refractivity contribution < 1.29 is 14.3 Å². The topological polar surface area (TPSA) is 65.4 Å². The number of imidazole rings is 1. The number of hydrogen-bond donors (Lipinski definition) is 1. The van der Waals surface area contributed by atoms with Crippen LogP contribution in [-0.2, 0) is 4.79 Å². The summed E-state index contributed by atoms with van der Waals surface area (Å²) in [6.07, 6.45) is 3.41. The molecule has 0 saturated carbocycles. The van der Waals surface area contributed by atoms with Crippen molar-refractivity contribution in [2.75, 3.05) is 19.5 Å². The molecule has 0 radical (unpaired) electrons. The maximum atomic E-state index is 13.0. The summed E-state index contributed by atoms with van der Waals surface area (Å²) in [5, 5.41) is 3.40. The number of carbonyl (C=O) groups excluding carboxylic acids is 1. The Morgan fingerprint density at radius 2 is 1.96 bits per heavy atom. The number of anilines is 1. The summed E-state index contributed by atoms with van der Waals surface area (Å²) in [5.74, 6) is 1.97. The van der Waals surface area contributed by atoms with Gasteiger partial charge in [0.2, 0.25) is 5.95 Å². The number of aromatic nitrogens is 2. The van der Waals surface area contributed by atoms with Gasteiger partial charge >= 0.3 is 0 Å². The molecule has 28 heavy (non-hydrogen) atoms. The number of ether oxygens (including phenoxy) is 2. The third kappa shape index (κ3) is 2.34. The highest BCUT2D eigenvalue weighted by Crippen LogP contribution is 2.48. The predicted octanol–water partition coefficient (Wildman–Crippen LogP) is 3.93. The summed E-state index contributed by atoms with van der Waals surface area (Å²) in [4.78, 5) is 17.8. The maximum Gasteiger partial charge on any atom is 0.208 e. The van der Waals surface area contributed by atoms with Crippen LogP contribution in [0.4, 0.5) is 5.95 Å². The Morgan fingerprint density at radius 1 is 1.11 bits per heavy atom. The number of hydrogen-bond acceptors (Lipinski definition) is 5. The first kappa shape index (κ1) is 16.9. The standard InChI is InChI=1S/C22H21N3O3/c1-27-18-12-5-7-13(21(18)28-2)20-19-15(9-6-11-17(19)26)24-22-23-14-8-3-4-10-16(14)25(20)22/h3-5,7-10,12,19-20H,6,11H2,1-2H3,(H,23,24). The van der Waals surface area contributed by atoms with Crippen molar-refractivity contribution in [2.24, 2.45) is 5.92 Å². The number of rotatable bonds is 3. The lowest BCUT2D eigenvalue weighted by molar-refractivity contribution is -0.123. The van der Waals surface area contributed by atoms with E-state index < -0.39 is 0 Å². The SMILES string of the molecule is COc1cccc(C2C3C(=O)CCC=C3Nc3nc4ccccc4n32)c1OC. The van der Waals surface area contributed by atoms with E-state index in [1.807, 2.05) is 42.5 Å². The van der Waals surface area contributed by atoms with Gasteiger partial charge in [0.1, 0.15) is 5.78 Å².